The fraction of sp³-hybridized carbons (Fsp3) is 0.407. The zero-order valence-electron chi connectivity index (χ0n) is 20.8. The number of rotatable bonds is 10. The summed E-state index contributed by atoms with van der Waals surface area (Å²) in [5.41, 5.74) is 1.53. The Kier molecular flexibility index (Phi) is 8.20. The summed E-state index contributed by atoms with van der Waals surface area (Å²) >= 11 is 0. The summed E-state index contributed by atoms with van der Waals surface area (Å²) in [6.07, 6.45) is 2.47. The van der Waals surface area contributed by atoms with E-state index in [0.717, 1.165) is 29.7 Å². The lowest BCUT2D eigenvalue weighted by molar-refractivity contribution is -0.158. The highest BCUT2D eigenvalue weighted by atomic mass is 16.5. The summed E-state index contributed by atoms with van der Waals surface area (Å²) in [7, 11) is 3.18. The highest BCUT2D eigenvalue weighted by Crippen LogP contribution is 2.41. The molecule has 0 aliphatic carbocycles. The minimum absolute atomic E-state index is 0.0331. The van der Waals surface area contributed by atoms with Gasteiger partial charge in [0.25, 0.3) is 5.89 Å². The number of unbranched alkanes of at least 4 members (excludes halogenated alkanes) is 1. The smallest absolute Gasteiger partial charge is 0.311 e. The number of piperidine rings is 1. The fourth-order valence-electron chi connectivity index (χ4n) is 4.49. The van der Waals surface area contributed by atoms with Gasteiger partial charge in [0.15, 0.2) is 6.61 Å². The number of para-hydroxylation sites is 1. The summed E-state index contributed by atoms with van der Waals surface area (Å²) in [6, 6.07) is 14.2. The van der Waals surface area contributed by atoms with Crippen LogP contribution in [0.25, 0.3) is 11.5 Å². The number of likely N-dealkylation sites (tertiary alicyclic amines) is 1. The first-order valence-corrected chi connectivity index (χ1v) is 12.1. The van der Waals surface area contributed by atoms with Crippen LogP contribution in [0.3, 0.4) is 0 Å². The van der Waals surface area contributed by atoms with Crippen LogP contribution in [0.4, 0.5) is 0 Å². The molecule has 0 bridgehead atoms. The van der Waals surface area contributed by atoms with Crippen molar-refractivity contribution in [3.8, 4) is 23.0 Å². The fourth-order valence-corrected chi connectivity index (χ4v) is 4.49. The molecule has 0 radical (unpaired) electrons. The Morgan fingerprint density at radius 2 is 1.89 bits per heavy atom. The average molecular weight is 494 g/mol. The molecule has 3 aromatic rings. The summed E-state index contributed by atoms with van der Waals surface area (Å²) in [6.45, 7) is 2.51. The summed E-state index contributed by atoms with van der Waals surface area (Å²) in [4.78, 5) is 32.4. The third kappa shape index (κ3) is 5.50. The zero-order chi connectivity index (χ0) is 25.5. The van der Waals surface area contributed by atoms with Gasteiger partial charge in [-0.05, 0) is 43.2 Å². The lowest BCUT2D eigenvalue weighted by Gasteiger charge is -2.40. The van der Waals surface area contributed by atoms with Crippen LogP contribution in [-0.4, -0.2) is 47.7 Å². The number of nitrogens with zero attached hydrogens (tertiary/aromatic N) is 3. The van der Waals surface area contributed by atoms with E-state index in [1.165, 1.54) is 0 Å². The largest absolute Gasteiger partial charge is 0.497 e. The maximum atomic E-state index is 13.3. The number of carbonyl (C=O) groups excluding carboxylic acids is 2. The average Bonchev–Trinajstić information content (AvgIpc) is 3.40. The molecule has 1 saturated heterocycles. The van der Waals surface area contributed by atoms with Crippen LogP contribution in [0.1, 0.15) is 50.0 Å². The summed E-state index contributed by atoms with van der Waals surface area (Å²) in [5, 5.41) is 3.95. The van der Waals surface area contributed by atoms with Gasteiger partial charge in [-0.3, -0.25) is 9.59 Å². The molecule has 9 nitrogen and oxygen atoms in total. The molecule has 1 aliphatic rings. The first kappa shape index (κ1) is 25.2. The Labute approximate surface area is 210 Å². The van der Waals surface area contributed by atoms with Gasteiger partial charge in [-0.15, -0.1) is 0 Å². The Hall–Kier alpha value is -3.88. The van der Waals surface area contributed by atoms with E-state index in [0.29, 0.717) is 31.0 Å². The predicted octanol–water partition coefficient (Wildman–Crippen LogP) is 4.58. The normalized spacial score (nSPS) is 17.6. The van der Waals surface area contributed by atoms with E-state index in [1.807, 2.05) is 36.4 Å². The zero-order valence-corrected chi connectivity index (χ0v) is 20.8. The maximum Gasteiger partial charge on any atom is 0.311 e. The molecule has 1 amide bonds. The lowest BCUT2D eigenvalue weighted by atomic mass is 9.83. The molecular weight excluding hydrogens is 462 g/mol. The van der Waals surface area contributed by atoms with Crippen LogP contribution in [-0.2, 0) is 20.9 Å². The van der Waals surface area contributed by atoms with E-state index in [1.54, 1.807) is 31.3 Å². The minimum atomic E-state index is -0.538. The quantitative estimate of drug-likeness (QED) is 0.378. The molecule has 2 atom stereocenters. The summed E-state index contributed by atoms with van der Waals surface area (Å²) in [5.74, 6) is 1.03. The number of amides is 1. The van der Waals surface area contributed by atoms with Crippen molar-refractivity contribution in [2.24, 2.45) is 5.92 Å². The molecule has 0 saturated carbocycles. The van der Waals surface area contributed by atoms with E-state index in [2.05, 4.69) is 17.1 Å². The van der Waals surface area contributed by atoms with Crippen LogP contribution >= 0.6 is 0 Å². The van der Waals surface area contributed by atoms with Gasteiger partial charge in [0.2, 0.25) is 11.7 Å². The standard InChI is InChI=1S/C27H31N3O6/c1-4-5-16-30-24(31)15-14-21(25(30)20-8-6-7-9-22(20)34-3)27(32)35-17-23-28-26(36-29-23)18-10-12-19(33-2)13-11-18/h6-13,21,25H,4-5,14-17H2,1-3H3. The molecule has 190 valence electrons. The van der Waals surface area contributed by atoms with Gasteiger partial charge in [-0.25, -0.2) is 0 Å². The maximum absolute atomic E-state index is 13.3. The van der Waals surface area contributed by atoms with Gasteiger partial charge in [-0.2, -0.15) is 4.98 Å². The van der Waals surface area contributed by atoms with E-state index in [4.69, 9.17) is 18.7 Å². The number of benzene rings is 2. The molecular formula is C27H31N3O6. The number of esters is 1. The number of hydrogen-bond donors (Lipinski definition) is 0. The minimum Gasteiger partial charge on any atom is -0.497 e. The molecule has 2 heterocycles. The SMILES string of the molecule is CCCCN1C(=O)CCC(C(=O)OCc2noc(-c3ccc(OC)cc3)n2)C1c1ccccc1OC. The molecule has 1 fully saturated rings. The van der Waals surface area contributed by atoms with Crippen LogP contribution in [0.2, 0.25) is 0 Å². The van der Waals surface area contributed by atoms with Crippen LogP contribution in [0, 0.1) is 5.92 Å². The van der Waals surface area contributed by atoms with Crippen LogP contribution in [0.5, 0.6) is 11.5 Å². The number of carbonyl (C=O) groups is 2. The molecule has 0 spiro atoms. The molecule has 2 unspecified atom stereocenters. The number of methoxy groups -OCH3 is 2. The van der Waals surface area contributed by atoms with Gasteiger partial charge in [0.1, 0.15) is 11.5 Å². The Morgan fingerprint density at radius 1 is 1.11 bits per heavy atom. The van der Waals surface area contributed by atoms with E-state index >= 15 is 0 Å². The number of ether oxygens (including phenoxy) is 3. The van der Waals surface area contributed by atoms with Crippen molar-refractivity contribution in [2.45, 2.75) is 45.3 Å². The third-order valence-electron chi connectivity index (χ3n) is 6.37. The van der Waals surface area contributed by atoms with E-state index < -0.39 is 17.9 Å². The van der Waals surface area contributed by atoms with Gasteiger partial charge in [0, 0.05) is 24.1 Å². The molecule has 4 rings (SSSR count). The molecule has 0 N–H and O–H groups in total. The first-order chi connectivity index (χ1) is 17.5. The molecule has 1 aliphatic heterocycles. The second-order valence-electron chi connectivity index (χ2n) is 8.62. The van der Waals surface area contributed by atoms with Crippen molar-refractivity contribution in [2.75, 3.05) is 20.8 Å². The second-order valence-corrected chi connectivity index (χ2v) is 8.62. The first-order valence-electron chi connectivity index (χ1n) is 12.1. The van der Waals surface area contributed by atoms with Crippen molar-refractivity contribution in [3.63, 3.8) is 0 Å². The Bertz CT molecular complexity index is 1180. The van der Waals surface area contributed by atoms with Crippen LogP contribution in [0.15, 0.2) is 53.1 Å². The predicted molar refractivity (Wildman–Crippen MR) is 131 cm³/mol. The van der Waals surface area contributed by atoms with Crippen LogP contribution < -0.4 is 9.47 Å². The van der Waals surface area contributed by atoms with Crippen molar-refractivity contribution in [1.82, 2.24) is 15.0 Å². The van der Waals surface area contributed by atoms with Crippen molar-refractivity contribution < 1.29 is 28.3 Å². The van der Waals surface area contributed by atoms with Gasteiger partial charge in [-0.1, -0.05) is 36.7 Å². The Morgan fingerprint density at radius 3 is 2.61 bits per heavy atom. The Balaban J connectivity index is 1.51. The molecule has 1 aromatic heterocycles. The lowest BCUT2D eigenvalue weighted by Crippen LogP contribution is -2.46. The van der Waals surface area contributed by atoms with Gasteiger partial charge >= 0.3 is 5.97 Å². The van der Waals surface area contributed by atoms with E-state index in [-0.39, 0.29) is 18.3 Å². The number of aromatic nitrogens is 2. The summed E-state index contributed by atoms with van der Waals surface area (Å²) < 4.78 is 21.7. The second kappa shape index (κ2) is 11.7. The number of hydrogen-bond acceptors (Lipinski definition) is 8. The van der Waals surface area contributed by atoms with E-state index in [9.17, 15) is 9.59 Å². The van der Waals surface area contributed by atoms with Crippen molar-refractivity contribution in [1.29, 1.82) is 0 Å². The van der Waals surface area contributed by atoms with Gasteiger partial charge < -0.3 is 23.6 Å². The topological polar surface area (TPSA) is 104 Å². The van der Waals surface area contributed by atoms with Crippen molar-refractivity contribution in [3.05, 3.63) is 59.9 Å². The van der Waals surface area contributed by atoms with Gasteiger partial charge in [0.05, 0.1) is 26.2 Å². The molecule has 2 aromatic carbocycles. The molecule has 9 heteroatoms. The highest BCUT2D eigenvalue weighted by molar-refractivity contribution is 5.82. The van der Waals surface area contributed by atoms with Crippen molar-refractivity contribution >= 4 is 11.9 Å². The molecule has 36 heavy (non-hydrogen) atoms. The third-order valence-corrected chi connectivity index (χ3v) is 6.37. The monoisotopic (exact) mass is 493 g/mol. The highest BCUT2D eigenvalue weighted by Gasteiger charge is 2.42.